The normalized spacial score (nSPS) is 10.2. The van der Waals surface area contributed by atoms with Crippen molar-refractivity contribution in [2.45, 2.75) is 6.61 Å². The molecule has 5 nitrogen and oxygen atoms in total. The minimum Gasteiger partial charge on any atom is -0.493 e. The van der Waals surface area contributed by atoms with E-state index in [1.165, 1.54) is 0 Å². The molecule has 1 heterocycles. The molecule has 26 heavy (non-hydrogen) atoms. The van der Waals surface area contributed by atoms with E-state index in [1.54, 1.807) is 43.8 Å². The Morgan fingerprint density at radius 2 is 1.85 bits per heavy atom. The molecular weight excluding hydrogens is 443 g/mol. The van der Waals surface area contributed by atoms with Crippen LogP contribution in [0, 0.1) is 3.57 Å². The third-order valence-electron chi connectivity index (χ3n) is 3.68. The van der Waals surface area contributed by atoms with Crippen LogP contribution in [0.5, 0.6) is 11.5 Å². The largest absolute Gasteiger partial charge is 0.493 e. The summed E-state index contributed by atoms with van der Waals surface area (Å²) in [5, 5.41) is 2.90. The first-order valence-corrected chi connectivity index (χ1v) is 9.01. The predicted octanol–water partition coefficient (Wildman–Crippen LogP) is 4.53. The Morgan fingerprint density at radius 1 is 1.08 bits per heavy atom. The van der Waals surface area contributed by atoms with Crippen molar-refractivity contribution in [3.05, 3.63) is 81.7 Å². The van der Waals surface area contributed by atoms with Gasteiger partial charge in [-0.1, -0.05) is 12.1 Å². The summed E-state index contributed by atoms with van der Waals surface area (Å²) in [6, 6.07) is 16.5. The van der Waals surface area contributed by atoms with Gasteiger partial charge in [-0.05, 0) is 64.6 Å². The molecular formula is C20H17IN2O3. The minimum atomic E-state index is -0.166. The zero-order valence-corrected chi connectivity index (χ0v) is 16.3. The fraction of sp³-hybridized carbons (Fsp3) is 0.100. The molecule has 1 aromatic heterocycles. The van der Waals surface area contributed by atoms with Crippen LogP contribution in [0.1, 0.15) is 15.9 Å². The zero-order valence-electron chi connectivity index (χ0n) is 14.1. The van der Waals surface area contributed by atoms with Crippen molar-refractivity contribution < 1.29 is 14.3 Å². The maximum atomic E-state index is 12.5. The second-order valence-corrected chi connectivity index (χ2v) is 6.61. The summed E-state index contributed by atoms with van der Waals surface area (Å²) in [4.78, 5) is 16.5. The fourth-order valence-electron chi connectivity index (χ4n) is 2.35. The molecule has 3 aromatic rings. The van der Waals surface area contributed by atoms with Gasteiger partial charge in [0.25, 0.3) is 5.91 Å². The Morgan fingerprint density at radius 3 is 2.58 bits per heavy atom. The Hall–Kier alpha value is -2.61. The molecule has 0 atom stereocenters. The van der Waals surface area contributed by atoms with Gasteiger partial charge in [0.05, 0.1) is 12.7 Å². The lowest BCUT2D eigenvalue weighted by Crippen LogP contribution is -2.13. The molecule has 0 spiro atoms. The van der Waals surface area contributed by atoms with Gasteiger partial charge in [0.1, 0.15) is 6.61 Å². The van der Waals surface area contributed by atoms with Crippen LogP contribution in [-0.4, -0.2) is 18.0 Å². The van der Waals surface area contributed by atoms with E-state index < -0.39 is 0 Å². The lowest BCUT2D eigenvalue weighted by molar-refractivity contribution is 0.102. The minimum absolute atomic E-state index is 0.166. The smallest absolute Gasteiger partial charge is 0.256 e. The number of benzene rings is 2. The molecule has 0 aliphatic heterocycles. The number of nitrogens with one attached hydrogen (secondary N) is 1. The lowest BCUT2D eigenvalue weighted by atomic mass is 10.2. The number of nitrogens with zero attached hydrogens (tertiary/aromatic N) is 1. The number of hydrogen-bond acceptors (Lipinski definition) is 4. The number of hydrogen-bond donors (Lipinski definition) is 1. The monoisotopic (exact) mass is 460 g/mol. The van der Waals surface area contributed by atoms with E-state index in [0.717, 1.165) is 9.13 Å². The highest BCUT2D eigenvalue weighted by Crippen LogP contribution is 2.31. The number of halogens is 1. The summed E-state index contributed by atoms with van der Waals surface area (Å²) in [6.07, 6.45) is 3.43. The molecule has 0 aliphatic carbocycles. The number of anilines is 1. The molecule has 0 unspecified atom stereocenters. The highest BCUT2D eigenvalue weighted by molar-refractivity contribution is 14.1. The molecule has 1 N–H and O–H groups in total. The summed E-state index contributed by atoms with van der Waals surface area (Å²) in [6.45, 7) is 0.382. The summed E-state index contributed by atoms with van der Waals surface area (Å²) >= 11 is 2.15. The van der Waals surface area contributed by atoms with Gasteiger partial charge < -0.3 is 14.8 Å². The standard InChI is InChI=1S/C20H17IN2O3/c1-25-18-7-6-15(23-20(24)16-4-2-3-5-17(16)21)12-19(18)26-13-14-8-10-22-11-9-14/h2-12H,13H2,1H3,(H,23,24). The van der Waals surface area contributed by atoms with Crippen LogP contribution in [0.3, 0.4) is 0 Å². The second kappa shape index (κ2) is 8.66. The molecule has 132 valence electrons. The van der Waals surface area contributed by atoms with Gasteiger partial charge in [0, 0.05) is 27.7 Å². The van der Waals surface area contributed by atoms with E-state index in [0.29, 0.717) is 29.4 Å². The Bertz CT molecular complexity index is 901. The van der Waals surface area contributed by atoms with Crippen LogP contribution in [-0.2, 0) is 6.61 Å². The van der Waals surface area contributed by atoms with Crippen LogP contribution in [0.4, 0.5) is 5.69 Å². The zero-order chi connectivity index (χ0) is 18.4. The SMILES string of the molecule is COc1ccc(NC(=O)c2ccccc2I)cc1OCc1ccncc1. The average molecular weight is 460 g/mol. The molecule has 1 amide bonds. The highest BCUT2D eigenvalue weighted by Gasteiger charge is 2.12. The van der Waals surface area contributed by atoms with Gasteiger partial charge in [-0.3, -0.25) is 9.78 Å². The van der Waals surface area contributed by atoms with Crippen molar-refractivity contribution in [1.82, 2.24) is 4.98 Å². The highest BCUT2D eigenvalue weighted by atomic mass is 127. The molecule has 0 aliphatic rings. The van der Waals surface area contributed by atoms with Gasteiger partial charge in [0.2, 0.25) is 0 Å². The summed E-state index contributed by atoms with van der Waals surface area (Å²) in [5.74, 6) is 0.997. The summed E-state index contributed by atoms with van der Waals surface area (Å²) in [7, 11) is 1.58. The summed E-state index contributed by atoms with van der Waals surface area (Å²) in [5.41, 5.74) is 2.26. The first kappa shape index (κ1) is 18.2. The molecule has 0 bridgehead atoms. The molecule has 6 heteroatoms. The molecule has 3 rings (SSSR count). The Balaban J connectivity index is 1.76. The van der Waals surface area contributed by atoms with Crippen LogP contribution < -0.4 is 14.8 Å². The summed E-state index contributed by atoms with van der Waals surface area (Å²) < 4.78 is 12.1. The van der Waals surface area contributed by atoms with Crippen molar-refractivity contribution in [3.63, 3.8) is 0 Å². The van der Waals surface area contributed by atoms with E-state index in [1.807, 2.05) is 30.3 Å². The third-order valence-corrected chi connectivity index (χ3v) is 4.62. The molecule has 0 fully saturated rings. The Kier molecular flexibility index (Phi) is 6.06. The number of rotatable bonds is 6. The van der Waals surface area contributed by atoms with Crippen molar-refractivity contribution in [2.24, 2.45) is 0 Å². The van der Waals surface area contributed by atoms with Gasteiger partial charge >= 0.3 is 0 Å². The van der Waals surface area contributed by atoms with E-state index in [4.69, 9.17) is 9.47 Å². The molecule has 0 radical (unpaired) electrons. The number of carbonyl (C=O) groups is 1. The average Bonchev–Trinajstić information content (AvgIpc) is 2.67. The van der Waals surface area contributed by atoms with Gasteiger partial charge in [-0.25, -0.2) is 0 Å². The van der Waals surface area contributed by atoms with E-state index in [9.17, 15) is 4.79 Å². The first-order valence-electron chi connectivity index (χ1n) is 7.93. The predicted molar refractivity (Wildman–Crippen MR) is 109 cm³/mol. The van der Waals surface area contributed by atoms with Crippen LogP contribution in [0.25, 0.3) is 0 Å². The molecule has 0 saturated carbocycles. The van der Waals surface area contributed by atoms with Crippen molar-refractivity contribution in [2.75, 3.05) is 12.4 Å². The number of pyridine rings is 1. The number of ether oxygens (including phenoxy) is 2. The number of aromatic nitrogens is 1. The van der Waals surface area contributed by atoms with Gasteiger partial charge in [-0.2, -0.15) is 0 Å². The number of amides is 1. The van der Waals surface area contributed by atoms with Crippen LogP contribution in [0.2, 0.25) is 0 Å². The van der Waals surface area contributed by atoms with E-state index >= 15 is 0 Å². The Labute approximate surface area is 165 Å². The van der Waals surface area contributed by atoms with E-state index in [2.05, 4.69) is 32.9 Å². The molecule has 2 aromatic carbocycles. The fourth-order valence-corrected chi connectivity index (χ4v) is 2.98. The quantitative estimate of drug-likeness (QED) is 0.550. The van der Waals surface area contributed by atoms with Crippen LogP contribution in [0.15, 0.2) is 67.0 Å². The lowest BCUT2D eigenvalue weighted by Gasteiger charge is -2.13. The first-order chi connectivity index (χ1) is 12.7. The third kappa shape index (κ3) is 4.51. The van der Waals surface area contributed by atoms with Gasteiger partial charge in [0.15, 0.2) is 11.5 Å². The van der Waals surface area contributed by atoms with E-state index in [-0.39, 0.29) is 5.91 Å². The number of methoxy groups -OCH3 is 1. The van der Waals surface area contributed by atoms with Crippen LogP contribution >= 0.6 is 22.6 Å². The topological polar surface area (TPSA) is 60.5 Å². The van der Waals surface area contributed by atoms with Gasteiger partial charge in [-0.15, -0.1) is 0 Å². The molecule has 0 saturated heterocycles. The maximum Gasteiger partial charge on any atom is 0.256 e. The van der Waals surface area contributed by atoms with Crippen molar-refractivity contribution in [1.29, 1.82) is 0 Å². The van der Waals surface area contributed by atoms with Crippen molar-refractivity contribution >= 4 is 34.2 Å². The van der Waals surface area contributed by atoms with Crippen molar-refractivity contribution in [3.8, 4) is 11.5 Å². The number of carbonyl (C=O) groups excluding carboxylic acids is 1. The maximum absolute atomic E-state index is 12.5. The second-order valence-electron chi connectivity index (χ2n) is 5.44.